The number of nitrogens with zero attached hydrogens (tertiary/aromatic N) is 2. The van der Waals surface area contributed by atoms with E-state index in [0.717, 1.165) is 38.5 Å². The van der Waals surface area contributed by atoms with Crippen molar-refractivity contribution in [2.24, 2.45) is 0 Å². The third kappa shape index (κ3) is 2.39. The Balaban J connectivity index is 1.98. The summed E-state index contributed by atoms with van der Waals surface area (Å²) in [6, 6.07) is 0.353. The molecule has 5 nitrogen and oxygen atoms in total. The maximum Gasteiger partial charge on any atom is 0.248 e. The average Bonchev–Trinajstić information content (AvgIpc) is 3.16. The molecule has 0 aromatic carbocycles. The number of aromatic nitrogens is 1. The van der Waals surface area contributed by atoms with Crippen molar-refractivity contribution >= 4 is 10.0 Å². The van der Waals surface area contributed by atoms with Crippen molar-refractivity contribution in [2.75, 3.05) is 0 Å². The van der Waals surface area contributed by atoms with Crippen LogP contribution in [0, 0.1) is 13.8 Å². The van der Waals surface area contributed by atoms with Gasteiger partial charge in [0, 0.05) is 12.1 Å². The first kappa shape index (κ1) is 14.1. The van der Waals surface area contributed by atoms with Crippen molar-refractivity contribution in [1.82, 2.24) is 9.46 Å². The molecular weight excluding hydrogens is 276 g/mol. The maximum absolute atomic E-state index is 13.0. The van der Waals surface area contributed by atoms with E-state index in [1.165, 1.54) is 6.42 Å². The van der Waals surface area contributed by atoms with Gasteiger partial charge in [-0.2, -0.15) is 4.31 Å². The lowest BCUT2D eigenvalue weighted by atomic mass is 9.95. The van der Waals surface area contributed by atoms with E-state index in [1.54, 1.807) is 18.2 Å². The summed E-state index contributed by atoms with van der Waals surface area (Å²) in [6.45, 7) is 3.38. The summed E-state index contributed by atoms with van der Waals surface area (Å²) in [5, 5.41) is 3.81. The molecule has 112 valence electrons. The fraction of sp³-hybridized carbons (Fsp3) is 0.786. The molecule has 2 fully saturated rings. The van der Waals surface area contributed by atoms with Crippen molar-refractivity contribution in [3.05, 3.63) is 11.5 Å². The van der Waals surface area contributed by atoms with Gasteiger partial charge in [-0.1, -0.05) is 24.4 Å². The molecule has 2 saturated carbocycles. The fourth-order valence-electron chi connectivity index (χ4n) is 3.30. The van der Waals surface area contributed by atoms with Gasteiger partial charge < -0.3 is 4.52 Å². The predicted molar refractivity (Wildman–Crippen MR) is 74.9 cm³/mol. The zero-order valence-corrected chi connectivity index (χ0v) is 12.9. The molecule has 0 aliphatic heterocycles. The minimum atomic E-state index is -3.48. The number of aryl methyl sites for hydroxylation is 2. The first-order valence-corrected chi connectivity index (χ1v) is 8.92. The van der Waals surface area contributed by atoms with E-state index < -0.39 is 10.0 Å². The largest absolute Gasteiger partial charge is 0.360 e. The Labute approximate surface area is 120 Å². The van der Waals surface area contributed by atoms with E-state index >= 15 is 0 Å². The minimum Gasteiger partial charge on any atom is -0.360 e. The van der Waals surface area contributed by atoms with Crippen LogP contribution in [0.5, 0.6) is 0 Å². The van der Waals surface area contributed by atoms with Crippen LogP contribution in [0.2, 0.25) is 0 Å². The lowest BCUT2D eigenvalue weighted by Crippen LogP contribution is -2.43. The van der Waals surface area contributed by atoms with Gasteiger partial charge in [0.15, 0.2) is 5.76 Å². The molecule has 0 unspecified atom stereocenters. The maximum atomic E-state index is 13.0. The zero-order valence-electron chi connectivity index (χ0n) is 12.1. The van der Waals surface area contributed by atoms with Crippen LogP contribution < -0.4 is 0 Å². The molecule has 0 saturated heterocycles. The van der Waals surface area contributed by atoms with Gasteiger partial charge in [0.05, 0.1) is 0 Å². The van der Waals surface area contributed by atoms with Crippen LogP contribution in [0.1, 0.15) is 56.4 Å². The third-order valence-electron chi connectivity index (χ3n) is 4.34. The summed E-state index contributed by atoms with van der Waals surface area (Å²) in [5.74, 6) is 0.406. The van der Waals surface area contributed by atoms with Crippen molar-refractivity contribution < 1.29 is 12.9 Å². The summed E-state index contributed by atoms with van der Waals surface area (Å²) in [4.78, 5) is 0.287. The minimum absolute atomic E-state index is 0.162. The van der Waals surface area contributed by atoms with Crippen molar-refractivity contribution in [2.45, 2.75) is 75.8 Å². The first-order valence-electron chi connectivity index (χ1n) is 7.48. The molecule has 0 atom stereocenters. The number of rotatable bonds is 4. The second-order valence-corrected chi connectivity index (χ2v) is 7.79. The molecule has 2 aliphatic carbocycles. The van der Waals surface area contributed by atoms with Crippen LogP contribution in [-0.2, 0) is 10.0 Å². The summed E-state index contributed by atoms with van der Waals surface area (Å²) >= 11 is 0. The number of hydrogen-bond donors (Lipinski definition) is 0. The van der Waals surface area contributed by atoms with E-state index in [2.05, 4.69) is 5.16 Å². The Morgan fingerprint density at radius 2 is 1.65 bits per heavy atom. The Bertz CT molecular complexity index is 564. The molecule has 1 aromatic heterocycles. The van der Waals surface area contributed by atoms with Gasteiger partial charge in [0.1, 0.15) is 10.6 Å². The molecule has 0 bridgehead atoms. The summed E-state index contributed by atoms with van der Waals surface area (Å²) in [7, 11) is -3.48. The van der Waals surface area contributed by atoms with Gasteiger partial charge in [-0.3, -0.25) is 0 Å². The van der Waals surface area contributed by atoms with Crippen molar-refractivity contribution in [3.63, 3.8) is 0 Å². The van der Waals surface area contributed by atoms with Gasteiger partial charge in [0.25, 0.3) is 0 Å². The average molecular weight is 298 g/mol. The lowest BCUT2D eigenvalue weighted by Gasteiger charge is -2.33. The highest BCUT2D eigenvalue weighted by Gasteiger charge is 2.44. The van der Waals surface area contributed by atoms with Gasteiger partial charge in [-0.05, 0) is 39.5 Å². The van der Waals surface area contributed by atoms with Crippen LogP contribution >= 0.6 is 0 Å². The topological polar surface area (TPSA) is 63.4 Å². The summed E-state index contributed by atoms with van der Waals surface area (Å²) in [6.07, 6.45) is 7.42. The predicted octanol–water partition coefficient (Wildman–Crippen LogP) is 2.78. The van der Waals surface area contributed by atoms with Gasteiger partial charge >= 0.3 is 0 Å². The van der Waals surface area contributed by atoms with E-state index in [-0.39, 0.29) is 17.0 Å². The Morgan fingerprint density at radius 3 is 2.15 bits per heavy atom. The van der Waals surface area contributed by atoms with Crippen LogP contribution in [-0.4, -0.2) is 30.0 Å². The summed E-state index contributed by atoms with van der Waals surface area (Å²) in [5.41, 5.74) is 0.476. The fourth-order valence-corrected chi connectivity index (χ4v) is 5.53. The van der Waals surface area contributed by atoms with Crippen LogP contribution in [0.3, 0.4) is 0 Å². The quantitative estimate of drug-likeness (QED) is 0.857. The van der Waals surface area contributed by atoms with Gasteiger partial charge in [-0.15, -0.1) is 0 Å². The van der Waals surface area contributed by atoms with Crippen LogP contribution in [0.4, 0.5) is 0 Å². The molecule has 1 aromatic rings. The Hall–Kier alpha value is -0.880. The highest BCUT2D eigenvalue weighted by atomic mass is 32.2. The first-order chi connectivity index (χ1) is 9.51. The van der Waals surface area contributed by atoms with Gasteiger partial charge in [0.2, 0.25) is 10.0 Å². The molecule has 0 N–H and O–H groups in total. The standard InChI is InChI=1S/C14H22N2O3S/c1-10-14(11(2)19-15-10)20(17,18)16(13-8-9-13)12-6-4-3-5-7-12/h12-13H,3-9H2,1-2H3. The Kier molecular flexibility index (Phi) is 3.62. The molecular formula is C14H22N2O3S. The zero-order chi connectivity index (χ0) is 14.3. The van der Waals surface area contributed by atoms with Crippen molar-refractivity contribution in [1.29, 1.82) is 0 Å². The smallest absolute Gasteiger partial charge is 0.248 e. The van der Waals surface area contributed by atoms with Crippen molar-refractivity contribution in [3.8, 4) is 0 Å². The molecule has 2 aliphatic rings. The Morgan fingerprint density at radius 1 is 1.05 bits per heavy atom. The van der Waals surface area contributed by atoms with E-state index in [4.69, 9.17) is 4.52 Å². The molecule has 0 amide bonds. The highest BCUT2D eigenvalue weighted by molar-refractivity contribution is 7.89. The molecule has 0 radical (unpaired) electrons. The molecule has 3 rings (SSSR count). The molecule has 6 heteroatoms. The highest BCUT2D eigenvalue weighted by Crippen LogP contribution is 2.39. The molecule has 1 heterocycles. The van der Waals surface area contributed by atoms with E-state index in [1.807, 2.05) is 0 Å². The molecule has 20 heavy (non-hydrogen) atoms. The number of sulfonamides is 1. The second-order valence-electron chi connectivity index (χ2n) is 6.01. The monoisotopic (exact) mass is 298 g/mol. The molecule has 0 spiro atoms. The normalized spacial score (nSPS) is 21.6. The van der Waals surface area contributed by atoms with Crippen LogP contribution in [0.15, 0.2) is 9.42 Å². The lowest BCUT2D eigenvalue weighted by molar-refractivity contribution is 0.246. The van der Waals surface area contributed by atoms with Crippen LogP contribution in [0.25, 0.3) is 0 Å². The SMILES string of the molecule is Cc1noc(C)c1S(=O)(=O)N(C1CCCCC1)C1CC1. The number of hydrogen-bond acceptors (Lipinski definition) is 4. The second kappa shape index (κ2) is 5.15. The van der Waals surface area contributed by atoms with E-state index in [0.29, 0.717) is 11.5 Å². The van der Waals surface area contributed by atoms with E-state index in [9.17, 15) is 8.42 Å². The summed E-state index contributed by atoms with van der Waals surface area (Å²) < 4.78 is 32.9. The third-order valence-corrected chi connectivity index (χ3v) is 6.59. The van der Waals surface area contributed by atoms with Gasteiger partial charge in [-0.25, -0.2) is 8.42 Å².